The number of rotatable bonds is 4. The molecule has 15 heavy (non-hydrogen) atoms. The van der Waals surface area contributed by atoms with Crippen molar-refractivity contribution in [2.75, 3.05) is 20.1 Å². The van der Waals surface area contributed by atoms with E-state index in [1.165, 1.54) is 0 Å². The van der Waals surface area contributed by atoms with Gasteiger partial charge in [-0.05, 0) is 7.05 Å². The van der Waals surface area contributed by atoms with Crippen LogP contribution in [0.4, 0.5) is 0 Å². The van der Waals surface area contributed by atoms with Crippen molar-refractivity contribution in [1.29, 1.82) is 0 Å². The minimum absolute atomic E-state index is 0.0856. The highest BCUT2D eigenvalue weighted by atomic mass is 16.5. The van der Waals surface area contributed by atoms with Crippen LogP contribution in [0, 0.1) is 0 Å². The van der Waals surface area contributed by atoms with Crippen molar-refractivity contribution in [3.8, 4) is 0 Å². The largest absolute Gasteiger partial charge is 0.339 e. The van der Waals surface area contributed by atoms with Gasteiger partial charge >= 0.3 is 0 Å². The molecule has 0 unspecified atom stereocenters. The highest BCUT2D eigenvalue weighted by Crippen LogP contribution is 2.19. The Morgan fingerprint density at radius 2 is 2.07 bits per heavy atom. The topological polar surface area (TPSA) is 68.2 Å². The van der Waals surface area contributed by atoms with Crippen molar-refractivity contribution in [3.63, 3.8) is 0 Å². The van der Waals surface area contributed by atoms with Crippen LogP contribution in [-0.4, -0.2) is 35.2 Å². The average Bonchev–Trinajstić information content (AvgIpc) is 2.52. The first kappa shape index (κ1) is 12.1. The second-order valence-corrected chi connectivity index (χ2v) is 4.79. The molecule has 1 aromatic heterocycles. The van der Waals surface area contributed by atoms with Crippen LogP contribution in [0.1, 0.15) is 32.5 Å². The predicted molar refractivity (Wildman–Crippen MR) is 58.4 cm³/mol. The molecular formula is C10H20N4O. The van der Waals surface area contributed by atoms with Crippen molar-refractivity contribution in [1.82, 2.24) is 15.0 Å². The summed E-state index contributed by atoms with van der Waals surface area (Å²) in [6.07, 6.45) is 0. The van der Waals surface area contributed by atoms with Crippen LogP contribution in [0.3, 0.4) is 0 Å². The van der Waals surface area contributed by atoms with E-state index in [0.29, 0.717) is 19.0 Å². The number of nitrogens with two attached hydrogens (primary N) is 1. The molecule has 0 radical (unpaired) electrons. The Morgan fingerprint density at radius 1 is 1.40 bits per heavy atom. The number of likely N-dealkylation sites (N-methyl/N-ethyl adjacent to an activating group) is 1. The molecule has 0 aliphatic carbocycles. The van der Waals surface area contributed by atoms with E-state index in [2.05, 4.69) is 15.0 Å². The lowest BCUT2D eigenvalue weighted by Crippen LogP contribution is -2.25. The maximum atomic E-state index is 5.45. The van der Waals surface area contributed by atoms with E-state index >= 15 is 0 Å². The van der Waals surface area contributed by atoms with Gasteiger partial charge in [0.25, 0.3) is 0 Å². The molecule has 0 saturated heterocycles. The van der Waals surface area contributed by atoms with Gasteiger partial charge in [-0.3, -0.25) is 4.90 Å². The molecule has 5 nitrogen and oxygen atoms in total. The first-order valence-corrected chi connectivity index (χ1v) is 5.15. The van der Waals surface area contributed by atoms with Gasteiger partial charge in [-0.15, -0.1) is 0 Å². The van der Waals surface area contributed by atoms with Crippen molar-refractivity contribution < 1.29 is 4.52 Å². The van der Waals surface area contributed by atoms with Crippen molar-refractivity contribution in [2.24, 2.45) is 5.73 Å². The molecule has 0 amide bonds. The highest BCUT2D eigenvalue weighted by Gasteiger charge is 2.21. The Hall–Kier alpha value is -0.940. The molecule has 5 heteroatoms. The molecule has 0 bridgehead atoms. The van der Waals surface area contributed by atoms with Crippen LogP contribution in [0.2, 0.25) is 0 Å². The lowest BCUT2D eigenvalue weighted by molar-refractivity contribution is 0.300. The monoisotopic (exact) mass is 212 g/mol. The third-order valence-electron chi connectivity index (χ3n) is 2.03. The first-order chi connectivity index (χ1) is 6.93. The zero-order valence-corrected chi connectivity index (χ0v) is 9.95. The Bertz CT molecular complexity index is 303. The minimum Gasteiger partial charge on any atom is -0.339 e. The van der Waals surface area contributed by atoms with Gasteiger partial charge in [-0.2, -0.15) is 4.98 Å². The van der Waals surface area contributed by atoms with Gasteiger partial charge in [0.05, 0.1) is 6.54 Å². The van der Waals surface area contributed by atoms with E-state index in [4.69, 9.17) is 10.3 Å². The fourth-order valence-electron chi connectivity index (χ4n) is 1.16. The smallest absolute Gasteiger partial charge is 0.232 e. The molecule has 86 valence electrons. The van der Waals surface area contributed by atoms with E-state index in [-0.39, 0.29) is 5.41 Å². The standard InChI is InChI=1S/C10H20N4O/c1-10(2,3)9-12-8(13-15-9)7-14(4)6-5-11/h5-7,11H2,1-4H3. The summed E-state index contributed by atoms with van der Waals surface area (Å²) >= 11 is 0. The van der Waals surface area contributed by atoms with Crippen molar-refractivity contribution in [3.05, 3.63) is 11.7 Å². The maximum Gasteiger partial charge on any atom is 0.232 e. The summed E-state index contributed by atoms with van der Waals surface area (Å²) in [5, 5.41) is 3.94. The van der Waals surface area contributed by atoms with E-state index in [1.54, 1.807) is 0 Å². The van der Waals surface area contributed by atoms with Crippen LogP contribution in [0.15, 0.2) is 4.52 Å². The third kappa shape index (κ3) is 3.60. The summed E-state index contributed by atoms with van der Waals surface area (Å²) in [5.74, 6) is 1.40. The van der Waals surface area contributed by atoms with Gasteiger partial charge in [-0.1, -0.05) is 25.9 Å². The van der Waals surface area contributed by atoms with E-state index in [0.717, 1.165) is 12.4 Å². The van der Waals surface area contributed by atoms with Gasteiger partial charge in [0.15, 0.2) is 5.82 Å². The van der Waals surface area contributed by atoms with Gasteiger partial charge in [-0.25, -0.2) is 0 Å². The number of nitrogens with zero attached hydrogens (tertiary/aromatic N) is 3. The molecular weight excluding hydrogens is 192 g/mol. The zero-order valence-electron chi connectivity index (χ0n) is 9.95. The fraction of sp³-hybridized carbons (Fsp3) is 0.800. The molecule has 1 rings (SSSR count). The SMILES string of the molecule is CN(CCN)Cc1noc(C(C)(C)C)n1. The van der Waals surface area contributed by atoms with Crippen LogP contribution in [0.25, 0.3) is 0 Å². The molecule has 1 heterocycles. The second kappa shape index (κ2) is 4.72. The number of hydrogen-bond acceptors (Lipinski definition) is 5. The van der Waals surface area contributed by atoms with Gasteiger partial charge in [0.1, 0.15) is 0 Å². The van der Waals surface area contributed by atoms with Crippen LogP contribution >= 0.6 is 0 Å². The summed E-state index contributed by atoms with van der Waals surface area (Å²) in [5.41, 5.74) is 5.37. The Morgan fingerprint density at radius 3 is 2.53 bits per heavy atom. The zero-order chi connectivity index (χ0) is 11.5. The maximum absolute atomic E-state index is 5.45. The summed E-state index contributed by atoms with van der Waals surface area (Å²) in [6, 6.07) is 0. The fourth-order valence-corrected chi connectivity index (χ4v) is 1.16. The molecule has 0 saturated carbocycles. The Kier molecular flexibility index (Phi) is 3.82. The Labute approximate surface area is 90.6 Å². The van der Waals surface area contributed by atoms with Crippen molar-refractivity contribution >= 4 is 0 Å². The quantitative estimate of drug-likeness (QED) is 0.798. The number of hydrogen-bond donors (Lipinski definition) is 1. The second-order valence-electron chi connectivity index (χ2n) is 4.79. The highest BCUT2D eigenvalue weighted by molar-refractivity contribution is 4.98. The van der Waals surface area contributed by atoms with E-state index in [9.17, 15) is 0 Å². The molecule has 1 aromatic rings. The summed E-state index contributed by atoms with van der Waals surface area (Å²) < 4.78 is 5.19. The first-order valence-electron chi connectivity index (χ1n) is 5.15. The average molecular weight is 212 g/mol. The molecule has 0 atom stereocenters. The van der Waals surface area contributed by atoms with Crippen LogP contribution in [0.5, 0.6) is 0 Å². The van der Waals surface area contributed by atoms with Crippen molar-refractivity contribution in [2.45, 2.75) is 32.7 Å². The van der Waals surface area contributed by atoms with Crippen LogP contribution in [-0.2, 0) is 12.0 Å². The summed E-state index contributed by atoms with van der Waals surface area (Å²) in [7, 11) is 1.99. The molecule has 0 aliphatic rings. The summed E-state index contributed by atoms with van der Waals surface area (Å²) in [4.78, 5) is 6.41. The lowest BCUT2D eigenvalue weighted by atomic mass is 9.97. The van der Waals surface area contributed by atoms with Gasteiger partial charge in [0.2, 0.25) is 5.89 Å². The molecule has 0 aromatic carbocycles. The van der Waals surface area contributed by atoms with E-state index < -0.39 is 0 Å². The molecule has 0 fully saturated rings. The molecule has 0 spiro atoms. The van der Waals surface area contributed by atoms with E-state index in [1.807, 2.05) is 27.8 Å². The van der Waals surface area contributed by atoms with Gasteiger partial charge < -0.3 is 10.3 Å². The minimum atomic E-state index is -0.0856. The third-order valence-corrected chi connectivity index (χ3v) is 2.03. The molecule has 0 aliphatic heterocycles. The molecule has 2 N–H and O–H groups in total. The Balaban J connectivity index is 2.61. The van der Waals surface area contributed by atoms with Gasteiger partial charge in [0, 0.05) is 18.5 Å². The van der Waals surface area contributed by atoms with Crippen LogP contribution < -0.4 is 5.73 Å². The lowest BCUT2D eigenvalue weighted by Gasteiger charge is -2.12. The normalized spacial score (nSPS) is 12.4. The predicted octanol–water partition coefficient (Wildman–Crippen LogP) is 0.758. The summed E-state index contributed by atoms with van der Waals surface area (Å²) in [6.45, 7) is 8.30. The number of aromatic nitrogens is 2.